The molecule has 0 radical (unpaired) electrons. The topological polar surface area (TPSA) is 72.5 Å². The lowest BCUT2D eigenvalue weighted by Gasteiger charge is -2.05. The Labute approximate surface area is 85.9 Å². The number of halogens is 1. The summed E-state index contributed by atoms with van der Waals surface area (Å²) in [5.74, 6) is -0.0384. The molecule has 0 fully saturated rings. The van der Waals surface area contributed by atoms with Crippen molar-refractivity contribution in [2.45, 2.75) is 0 Å². The number of rotatable bonds is 4. The molecule has 7 heteroatoms. The normalized spacial score (nSPS) is 10.6. The highest BCUT2D eigenvalue weighted by atomic mass is 35.5. The molecule has 0 bridgehead atoms. The van der Waals surface area contributed by atoms with Gasteiger partial charge in [0.15, 0.2) is 5.75 Å². The van der Waals surface area contributed by atoms with E-state index >= 15 is 0 Å². The predicted octanol–water partition coefficient (Wildman–Crippen LogP) is 0.710. The third-order valence-electron chi connectivity index (χ3n) is 1.23. The van der Waals surface area contributed by atoms with Gasteiger partial charge in [-0.05, 0) is 12.1 Å². The lowest BCUT2D eigenvalue weighted by atomic mass is 10.3. The van der Waals surface area contributed by atoms with Crippen molar-refractivity contribution in [1.29, 1.82) is 0 Å². The third-order valence-corrected chi connectivity index (χ3v) is 2.32. The molecule has 0 spiro atoms. The van der Waals surface area contributed by atoms with Crippen molar-refractivity contribution in [3.63, 3.8) is 0 Å². The van der Waals surface area contributed by atoms with Crippen LogP contribution in [0.1, 0.15) is 0 Å². The second kappa shape index (κ2) is 4.30. The Kier molecular flexibility index (Phi) is 3.32. The smallest absolute Gasteiger partial charge is 0.365 e. The zero-order valence-electron chi connectivity index (χ0n) is 6.81. The molecule has 0 aliphatic heterocycles. The standard InChI is InChI=1S/C7H6ClNO4S/c8-6-3-1-2-4-7(6)13-14(11,12)9-5-10/h1-5H,(H,9,10). The van der Waals surface area contributed by atoms with Crippen LogP contribution in [-0.2, 0) is 15.1 Å². The minimum atomic E-state index is -4.11. The fourth-order valence-electron chi connectivity index (χ4n) is 0.713. The quantitative estimate of drug-likeness (QED) is 0.780. The van der Waals surface area contributed by atoms with Gasteiger partial charge in [0.2, 0.25) is 6.41 Å². The summed E-state index contributed by atoms with van der Waals surface area (Å²) < 4.78 is 27.8. The van der Waals surface area contributed by atoms with Gasteiger partial charge in [-0.15, -0.1) is 0 Å². The molecule has 0 aromatic heterocycles. The lowest BCUT2D eigenvalue weighted by molar-refractivity contribution is -0.108. The van der Waals surface area contributed by atoms with Crippen molar-refractivity contribution in [3.8, 4) is 5.75 Å². The van der Waals surface area contributed by atoms with Crippen LogP contribution in [0.15, 0.2) is 24.3 Å². The highest BCUT2D eigenvalue weighted by molar-refractivity contribution is 7.85. The first-order valence-electron chi connectivity index (χ1n) is 3.45. The fraction of sp³-hybridized carbons (Fsp3) is 0. The molecule has 0 heterocycles. The maximum atomic E-state index is 10.9. The molecular formula is C7H6ClNO4S. The number of nitrogens with one attached hydrogen (secondary N) is 1. The van der Waals surface area contributed by atoms with Crippen LogP contribution in [0, 0.1) is 0 Å². The van der Waals surface area contributed by atoms with E-state index in [-0.39, 0.29) is 17.2 Å². The van der Waals surface area contributed by atoms with Gasteiger partial charge in [0.05, 0.1) is 5.02 Å². The summed E-state index contributed by atoms with van der Waals surface area (Å²) in [5, 5.41) is 0.142. The Morgan fingerprint density at radius 3 is 2.57 bits per heavy atom. The molecular weight excluding hydrogens is 230 g/mol. The molecule has 0 atom stereocenters. The molecule has 0 saturated carbocycles. The largest absolute Gasteiger partial charge is 0.409 e. The number of hydrogen-bond donors (Lipinski definition) is 1. The number of amides is 1. The average molecular weight is 236 g/mol. The van der Waals surface area contributed by atoms with E-state index in [4.69, 9.17) is 11.6 Å². The van der Waals surface area contributed by atoms with Crippen molar-refractivity contribution < 1.29 is 17.4 Å². The lowest BCUT2D eigenvalue weighted by Crippen LogP contribution is -2.26. The van der Waals surface area contributed by atoms with Gasteiger partial charge in [0, 0.05) is 0 Å². The zero-order chi connectivity index (χ0) is 10.6. The van der Waals surface area contributed by atoms with Gasteiger partial charge in [0.25, 0.3) is 0 Å². The van der Waals surface area contributed by atoms with Crippen LogP contribution in [0.3, 0.4) is 0 Å². The number of carbonyl (C=O) groups is 1. The molecule has 0 unspecified atom stereocenters. The first kappa shape index (κ1) is 10.8. The fourth-order valence-corrected chi connectivity index (χ4v) is 1.48. The Hall–Kier alpha value is -1.27. The number of para-hydroxylation sites is 1. The molecule has 1 N–H and O–H groups in total. The molecule has 5 nitrogen and oxygen atoms in total. The summed E-state index contributed by atoms with van der Waals surface area (Å²) >= 11 is 5.62. The Bertz CT molecular complexity index is 431. The summed E-state index contributed by atoms with van der Waals surface area (Å²) in [6.45, 7) is 0. The minimum Gasteiger partial charge on any atom is -0.365 e. The number of carbonyl (C=O) groups excluding carboxylic acids is 1. The summed E-state index contributed by atoms with van der Waals surface area (Å²) in [5.41, 5.74) is 0. The van der Waals surface area contributed by atoms with E-state index in [1.54, 1.807) is 12.1 Å². The van der Waals surface area contributed by atoms with Crippen LogP contribution in [0.25, 0.3) is 0 Å². The summed E-state index contributed by atoms with van der Waals surface area (Å²) in [7, 11) is -4.11. The van der Waals surface area contributed by atoms with E-state index in [0.29, 0.717) is 0 Å². The summed E-state index contributed by atoms with van der Waals surface area (Å²) in [6, 6.07) is 6.01. The molecule has 0 saturated heterocycles. The van der Waals surface area contributed by atoms with Crippen LogP contribution in [0.2, 0.25) is 5.02 Å². The Morgan fingerprint density at radius 2 is 2.00 bits per heavy atom. The molecule has 0 aliphatic carbocycles. The minimum absolute atomic E-state index is 0.00613. The first-order valence-corrected chi connectivity index (χ1v) is 5.24. The average Bonchev–Trinajstić information content (AvgIpc) is 2.08. The molecule has 1 amide bonds. The van der Waals surface area contributed by atoms with Crippen LogP contribution >= 0.6 is 11.6 Å². The molecule has 1 aromatic carbocycles. The van der Waals surface area contributed by atoms with Crippen LogP contribution < -0.4 is 8.91 Å². The van der Waals surface area contributed by atoms with Crippen molar-refractivity contribution in [1.82, 2.24) is 4.72 Å². The third kappa shape index (κ3) is 2.90. The maximum absolute atomic E-state index is 10.9. The molecule has 1 rings (SSSR count). The highest BCUT2D eigenvalue weighted by Gasteiger charge is 2.12. The monoisotopic (exact) mass is 235 g/mol. The van der Waals surface area contributed by atoms with Gasteiger partial charge >= 0.3 is 10.3 Å². The number of benzene rings is 1. The first-order chi connectivity index (χ1) is 6.55. The van der Waals surface area contributed by atoms with E-state index in [1.165, 1.54) is 16.9 Å². The SMILES string of the molecule is O=CNS(=O)(=O)Oc1ccccc1Cl. The second-order valence-electron chi connectivity index (χ2n) is 2.20. The van der Waals surface area contributed by atoms with E-state index < -0.39 is 10.3 Å². The van der Waals surface area contributed by atoms with E-state index in [1.807, 2.05) is 0 Å². The van der Waals surface area contributed by atoms with Gasteiger partial charge in [0.1, 0.15) is 0 Å². The van der Waals surface area contributed by atoms with Crippen molar-refractivity contribution in [2.75, 3.05) is 0 Å². The van der Waals surface area contributed by atoms with Gasteiger partial charge < -0.3 is 4.18 Å². The molecule has 1 aromatic rings. The van der Waals surface area contributed by atoms with Crippen LogP contribution in [-0.4, -0.2) is 14.8 Å². The number of hydrogen-bond acceptors (Lipinski definition) is 4. The van der Waals surface area contributed by atoms with E-state index in [2.05, 4.69) is 4.18 Å². The maximum Gasteiger partial charge on any atom is 0.409 e. The molecule has 0 aliphatic rings. The van der Waals surface area contributed by atoms with Crippen molar-refractivity contribution in [3.05, 3.63) is 29.3 Å². The Morgan fingerprint density at radius 1 is 1.36 bits per heavy atom. The Balaban J connectivity index is 2.89. The molecule has 76 valence electrons. The van der Waals surface area contributed by atoms with Crippen molar-refractivity contribution in [2.24, 2.45) is 0 Å². The molecule has 14 heavy (non-hydrogen) atoms. The van der Waals surface area contributed by atoms with Gasteiger partial charge in [-0.1, -0.05) is 23.7 Å². The van der Waals surface area contributed by atoms with Crippen LogP contribution in [0.4, 0.5) is 0 Å². The highest BCUT2D eigenvalue weighted by Crippen LogP contribution is 2.23. The second-order valence-corrected chi connectivity index (χ2v) is 3.92. The van der Waals surface area contributed by atoms with Gasteiger partial charge in [-0.3, -0.25) is 4.79 Å². The van der Waals surface area contributed by atoms with Gasteiger partial charge in [-0.25, -0.2) is 4.72 Å². The van der Waals surface area contributed by atoms with E-state index in [9.17, 15) is 13.2 Å². The zero-order valence-corrected chi connectivity index (χ0v) is 8.38. The summed E-state index contributed by atoms with van der Waals surface area (Å²) in [4.78, 5) is 9.89. The van der Waals surface area contributed by atoms with Gasteiger partial charge in [-0.2, -0.15) is 8.42 Å². The van der Waals surface area contributed by atoms with E-state index in [0.717, 1.165) is 0 Å². The predicted molar refractivity (Wildman–Crippen MR) is 50.2 cm³/mol. The van der Waals surface area contributed by atoms with Crippen molar-refractivity contribution >= 4 is 28.3 Å². The summed E-state index contributed by atoms with van der Waals surface area (Å²) in [6.07, 6.45) is 0.00613. The van der Waals surface area contributed by atoms with Crippen LogP contribution in [0.5, 0.6) is 5.75 Å².